The minimum atomic E-state index is -0.747. The van der Waals surface area contributed by atoms with Crippen molar-refractivity contribution in [1.82, 2.24) is 5.32 Å². The molecule has 19 heavy (non-hydrogen) atoms. The van der Waals surface area contributed by atoms with Gasteiger partial charge in [-0.25, -0.2) is 0 Å². The standard InChI is InChI=1S/C15H22N2O2/c1-11-6-4-5-7-13(11)17-12(8-14(18)19)9-16-10-15(17,2)3/h4-7,12,16H,8-10H2,1-3H3,(H,18,19). The van der Waals surface area contributed by atoms with Crippen LogP contribution in [0.2, 0.25) is 0 Å². The monoisotopic (exact) mass is 262 g/mol. The van der Waals surface area contributed by atoms with Crippen molar-refractivity contribution in [3.63, 3.8) is 0 Å². The molecular formula is C15H22N2O2. The number of hydrogen-bond donors (Lipinski definition) is 2. The lowest BCUT2D eigenvalue weighted by molar-refractivity contribution is -0.137. The molecule has 104 valence electrons. The van der Waals surface area contributed by atoms with E-state index in [2.05, 4.69) is 43.1 Å². The van der Waals surface area contributed by atoms with Crippen molar-refractivity contribution in [3.05, 3.63) is 29.8 Å². The second-order valence-corrected chi connectivity index (χ2v) is 5.85. The van der Waals surface area contributed by atoms with E-state index in [4.69, 9.17) is 5.11 Å². The summed E-state index contributed by atoms with van der Waals surface area (Å²) in [6.45, 7) is 7.95. The summed E-state index contributed by atoms with van der Waals surface area (Å²) in [5.74, 6) is -0.747. The Morgan fingerprint density at radius 3 is 2.79 bits per heavy atom. The predicted molar refractivity (Wildman–Crippen MR) is 76.6 cm³/mol. The van der Waals surface area contributed by atoms with Crippen LogP contribution in [0.25, 0.3) is 0 Å². The summed E-state index contributed by atoms with van der Waals surface area (Å²) in [7, 11) is 0. The van der Waals surface area contributed by atoms with Crippen molar-refractivity contribution in [2.24, 2.45) is 0 Å². The second-order valence-electron chi connectivity index (χ2n) is 5.85. The Morgan fingerprint density at radius 1 is 1.47 bits per heavy atom. The smallest absolute Gasteiger partial charge is 0.305 e. The highest BCUT2D eigenvalue weighted by molar-refractivity contribution is 5.69. The highest BCUT2D eigenvalue weighted by atomic mass is 16.4. The van der Waals surface area contributed by atoms with Crippen LogP contribution in [0.4, 0.5) is 5.69 Å². The maximum Gasteiger partial charge on any atom is 0.305 e. The number of rotatable bonds is 3. The summed E-state index contributed by atoms with van der Waals surface area (Å²) in [5.41, 5.74) is 2.23. The van der Waals surface area contributed by atoms with E-state index in [0.717, 1.165) is 12.2 Å². The molecule has 1 aliphatic rings. The maximum absolute atomic E-state index is 11.1. The molecule has 1 atom stereocenters. The maximum atomic E-state index is 11.1. The van der Waals surface area contributed by atoms with Gasteiger partial charge in [-0.2, -0.15) is 0 Å². The molecule has 4 heteroatoms. The van der Waals surface area contributed by atoms with Gasteiger partial charge < -0.3 is 15.3 Å². The number of carboxylic acids is 1. The van der Waals surface area contributed by atoms with Crippen LogP contribution in [-0.4, -0.2) is 35.7 Å². The Hall–Kier alpha value is -1.55. The van der Waals surface area contributed by atoms with Gasteiger partial charge in [-0.15, -0.1) is 0 Å². The lowest BCUT2D eigenvalue weighted by Gasteiger charge is -2.50. The van der Waals surface area contributed by atoms with Gasteiger partial charge in [0, 0.05) is 24.3 Å². The molecule has 0 amide bonds. The first-order chi connectivity index (χ1) is 8.92. The lowest BCUT2D eigenvalue weighted by atomic mass is 9.92. The molecule has 2 rings (SSSR count). The highest BCUT2D eigenvalue weighted by Crippen LogP contribution is 2.32. The number of para-hydroxylation sites is 1. The number of piperazine rings is 1. The molecule has 0 saturated carbocycles. The fraction of sp³-hybridized carbons (Fsp3) is 0.533. The average Bonchev–Trinajstić information content (AvgIpc) is 2.29. The van der Waals surface area contributed by atoms with Gasteiger partial charge in [0.15, 0.2) is 0 Å². The van der Waals surface area contributed by atoms with Crippen LogP contribution in [0, 0.1) is 6.92 Å². The van der Waals surface area contributed by atoms with Gasteiger partial charge in [-0.05, 0) is 32.4 Å². The van der Waals surface area contributed by atoms with Gasteiger partial charge in [-0.3, -0.25) is 4.79 Å². The Balaban J connectivity index is 2.39. The molecule has 0 bridgehead atoms. The number of aliphatic carboxylic acids is 1. The van der Waals surface area contributed by atoms with Gasteiger partial charge in [-0.1, -0.05) is 18.2 Å². The quantitative estimate of drug-likeness (QED) is 0.875. The van der Waals surface area contributed by atoms with Crippen LogP contribution < -0.4 is 10.2 Å². The van der Waals surface area contributed by atoms with Gasteiger partial charge >= 0.3 is 5.97 Å². The summed E-state index contributed by atoms with van der Waals surface area (Å²) in [5, 5.41) is 12.5. The van der Waals surface area contributed by atoms with Crippen LogP contribution in [0.3, 0.4) is 0 Å². The van der Waals surface area contributed by atoms with Crippen molar-refractivity contribution < 1.29 is 9.90 Å². The zero-order valence-corrected chi connectivity index (χ0v) is 11.8. The normalized spacial score (nSPS) is 22.3. The molecule has 0 aliphatic carbocycles. The number of benzene rings is 1. The fourth-order valence-electron chi connectivity index (χ4n) is 2.94. The van der Waals surface area contributed by atoms with E-state index in [9.17, 15) is 4.79 Å². The highest BCUT2D eigenvalue weighted by Gasteiger charge is 2.37. The summed E-state index contributed by atoms with van der Waals surface area (Å²) >= 11 is 0. The first-order valence-corrected chi connectivity index (χ1v) is 6.69. The summed E-state index contributed by atoms with van der Waals surface area (Å²) in [6.07, 6.45) is 0.158. The third-order valence-corrected chi connectivity index (χ3v) is 3.74. The van der Waals surface area contributed by atoms with E-state index in [1.165, 1.54) is 5.56 Å². The second kappa shape index (κ2) is 5.21. The molecule has 1 heterocycles. The Morgan fingerprint density at radius 2 is 2.16 bits per heavy atom. The van der Waals surface area contributed by atoms with Crippen molar-refractivity contribution in [2.45, 2.75) is 38.8 Å². The Kier molecular flexibility index (Phi) is 3.80. The third-order valence-electron chi connectivity index (χ3n) is 3.74. The van der Waals surface area contributed by atoms with Crippen LogP contribution in [-0.2, 0) is 4.79 Å². The first-order valence-electron chi connectivity index (χ1n) is 6.69. The lowest BCUT2D eigenvalue weighted by Crippen LogP contribution is -2.63. The van der Waals surface area contributed by atoms with Crippen LogP contribution in [0.5, 0.6) is 0 Å². The van der Waals surface area contributed by atoms with E-state index in [1.807, 2.05) is 12.1 Å². The molecule has 1 aromatic rings. The number of hydrogen-bond acceptors (Lipinski definition) is 3. The van der Waals surface area contributed by atoms with Gasteiger partial charge in [0.2, 0.25) is 0 Å². The Labute approximate surface area is 114 Å². The van der Waals surface area contributed by atoms with Crippen LogP contribution in [0.1, 0.15) is 25.8 Å². The number of anilines is 1. The molecule has 1 aliphatic heterocycles. The molecule has 1 saturated heterocycles. The number of carboxylic acid groups (broad SMARTS) is 1. The minimum absolute atomic E-state index is 0.0117. The number of carbonyl (C=O) groups is 1. The largest absolute Gasteiger partial charge is 0.481 e. The van der Waals surface area contributed by atoms with Gasteiger partial charge in [0.1, 0.15) is 0 Å². The fourth-order valence-corrected chi connectivity index (χ4v) is 2.94. The van der Waals surface area contributed by atoms with E-state index in [1.54, 1.807) is 0 Å². The molecule has 4 nitrogen and oxygen atoms in total. The van der Waals surface area contributed by atoms with E-state index < -0.39 is 5.97 Å². The Bertz CT molecular complexity index is 471. The van der Waals surface area contributed by atoms with Crippen molar-refractivity contribution in [2.75, 3.05) is 18.0 Å². The van der Waals surface area contributed by atoms with Crippen LogP contribution in [0.15, 0.2) is 24.3 Å². The van der Waals surface area contributed by atoms with Gasteiger partial charge in [0.25, 0.3) is 0 Å². The SMILES string of the molecule is Cc1ccccc1N1C(CC(=O)O)CNCC1(C)C. The predicted octanol–water partition coefficient (Wildman–Crippen LogP) is 2.03. The van der Waals surface area contributed by atoms with Crippen LogP contribution >= 0.6 is 0 Å². The number of nitrogens with zero attached hydrogens (tertiary/aromatic N) is 1. The molecule has 0 radical (unpaired) electrons. The van der Waals surface area contributed by atoms with E-state index in [0.29, 0.717) is 6.54 Å². The molecular weight excluding hydrogens is 240 g/mol. The minimum Gasteiger partial charge on any atom is -0.481 e. The van der Waals surface area contributed by atoms with Crippen molar-refractivity contribution in [3.8, 4) is 0 Å². The topological polar surface area (TPSA) is 52.6 Å². The summed E-state index contributed by atoms with van der Waals surface area (Å²) < 4.78 is 0. The summed E-state index contributed by atoms with van der Waals surface area (Å²) in [6, 6.07) is 8.17. The molecule has 0 spiro atoms. The number of nitrogens with one attached hydrogen (secondary N) is 1. The van der Waals surface area contributed by atoms with Crippen molar-refractivity contribution >= 4 is 11.7 Å². The van der Waals surface area contributed by atoms with E-state index >= 15 is 0 Å². The van der Waals surface area contributed by atoms with Gasteiger partial charge in [0.05, 0.1) is 12.5 Å². The molecule has 1 aromatic carbocycles. The zero-order valence-electron chi connectivity index (χ0n) is 11.8. The van der Waals surface area contributed by atoms with Crippen molar-refractivity contribution in [1.29, 1.82) is 0 Å². The molecule has 1 unspecified atom stereocenters. The zero-order chi connectivity index (χ0) is 14.0. The summed E-state index contributed by atoms with van der Waals surface area (Å²) in [4.78, 5) is 13.4. The third kappa shape index (κ3) is 2.89. The molecule has 1 fully saturated rings. The molecule has 0 aromatic heterocycles. The first kappa shape index (κ1) is 13.9. The average molecular weight is 262 g/mol. The van der Waals surface area contributed by atoms with E-state index in [-0.39, 0.29) is 18.0 Å². The number of aryl methyl sites for hydroxylation is 1. The molecule has 2 N–H and O–H groups in total.